The molecule has 1 N–H and O–H groups in total. The third-order valence-electron chi connectivity index (χ3n) is 5.13. The topological polar surface area (TPSA) is 74.6 Å². The van der Waals surface area contributed by atoms with Crippen molar-refractivity contribution in [1.82, 2.24) is 9.55 Å². The summed E-state index contributed by atoms with van der Waals surface area (Å²) >= 11 is 0. The number of imidazole rings is 1. The van der Waals surface area contributed by atoms with Crippen molar-refractivity contribution in [2.24, 2.45) is 0 Å². The molecule has 0 spiro atoms. The Hall–Kier alpha value is -3.48. The molecular formula is C23H25N3O4. The van der Waals surface area contributed by atoms with Crippen LogP contribution < -0.4 is 14.8 Å². The second-order valence-electron chi connectivity index (χ2n) is 7.42. The fourth-order valence-electron chi connectivity index (χ4n) is 3.84. The SMILES string of the molecule is COc1ccc(C2C(C(=O)OC(C)C)=C(C)Nc3nc4ccccc4n32)c(OC)c1. The summed E-state index contributed by atoms with van der Waals surface area (Å²) in [4.78, 5) is 17.9. The van der Waals surface area contributed by atoms with Crippen LogP contribution in [0.2, 0.25) is 0 Å². The van der Waals surface area contributed by atoms with Crippen LogP contribution in [0.15, 0.2) is 53.7 Å². The molecule has 0 saturated carbocycles. The summed E-state index contributed by atoms with van der Waals surface area (Å²) < 4.78 is 18.7. The number of carbonyl (C=O) groups excluding carboxylic acids is 1. The molecule has 0 bridgehead atoms. The summed E-state index contributed by atoms with van der Waals surface area (Å²) in [6.45, 7) is 5.54. The molecule has 1 atom stereocenters. The molecule has 0 amide bonds. The first kappa shape index (κ1) is 19.8. The summed E-state index contributed by atoms with van der Waals surface area (Å²) in [5.41, 5.74) is 3.78. The van der Waals surface area contributed by atoms with Gasteiger partial charge in [-0.05, 0) is 45.0 Å². The molecule has 7 nitrogen and oxygen atoms in total. The van der Waals surface area contributed by atoms with Crippen molar-refractivity contribution in [2.45, 2.75) is 32.9 Å². The van der Waals surface area contributed by atoms with Crippen molar-refractivity contribution in [3.05, 3.63) is 59.3 Å². The first-order valence-electron chi connectivity index (χ1n) is 9.82. The van der Waals surface area contributed by atoms with E-state index in [1.807, 2.05) is 67.8 Å². The van der Waals surface area contributed by atoms with Crippen LogP contribution >= 0.6 is 0 Å². The third kappa shape index (κ3) is 3.26. The molecule has 30 heavy (non-hydrogen) atoms. The number of hydrogen-bond donors (Lipinski definition) is 1. The van der Waals surface area contributed by atoms with Gasteiger partial charge in [-0.25, -0.2) is 9.78 Å². The van der Waals surface area contributed by atoms with E-state index in [1.165, 1.54) is 0 Å². The van der Waals surface area contributed by atoms with E-state index in [-0.39, 0.29) is 12.1 Å². The molecule has 3 aromatic rings. The molecule has 156 valence electrons. The molecule has 7 heteroatoms. The number of anilines is 1. The van der Waals surface area contributed by atoms with Crippen LogP contribution in [0.3, 0.4) is 0 Å². The van der Waals surface area contributed by atoms with E-state index in [1.54, 1.807) is 14.2 Å². The molecule has 1 unspecified atom stereocenters. The zero-order chi connectivity index (χ0) is 21.4. The van der Waals surface area contributed by atoms with E-state index in [4.69, 9.17) is 19.2 Å². The summed E-state index contributed by atoms with van der Waals surface area (Å²) in [6.07, 6.45) is -0.239. The van der Waals surface area contributed by atoms with Crippen molar-refractivity contribution in [2.75, 3.05) is 19.5 Å². The van der Waals surface area contributed by atoms with E-state index < -0.39 is 6.04 Å². The largest absolute Gasteiger partial charge is 0.497 e. The van der Waals surface area contributed by atoms with Crippen LogP contribution in [0.25, 0.3) is 11.0 Å². The minimum Gasteiger partial charge on any atom is -0.497 e. The van der Waals surface area contributed by atoms with Crippen LogP contribution in [0, 0.1) is 0 Å². The minimum atomic E-state index is -0.472. The lowest BCUT2D eigenvalue weighted by molar-refractivity contribution is -0.143. The molecule has 0 saturated heterocycles. The maximum atomic E-state index is 13.2. The second-order valence-corrected chi connectivity index (χ2v) is 7.42. The molecular weight excluding hydrogens is 382 g/mol. The minimum absolute atomic E-state index is 0.239. The van der Waals surface area contributed by atoms with Gasteiger partial charge in [0.1, 0.15) is 11.5 Å². The number of ether oxygens (including phenoxy) is 3. The molecule has 0 fully saturated rings. The second kappa shape index (κ2) is 7.74. The van der Waals surface area contributed by atoms with Crippen LogP contribution in [0.1, 0.15) is 32.4 Å². The summed E-state index contributed by atoms with van der Waals surface area (Å²) in [5, 5.41) is 3.28. The number of nitrogens with zero attached hydrogens (tertiary/aromatic N) is 2. The van der Waals surface area contributed by atoms with Crippen LogP contribution in [-0.4, -0.2) is 35.8 Å². The Balaban J connectivity index is 1.99. The van der Waals surface area contributed by atoms with E-state index in [0.717, 1.165) is 16.6 Å². The van der Waals surface area contributed by atoms with E-state index in [9.17, 15) is 4.79 Å². The van der Waals surface area contributed by atoms with Gasteiger partial charge >= 0.3 is 5.97 Å². The fourth-order valence-corrected chi connectivity index (χ4v) is 3.84. The maximum absolute atomic E-state index is 13.2. The van der Waals surface area contributed by atoms with Gasteiger partial charge in [0, 0.05) is 17.3 Å². The van der Waals surface area contributed by atoms with Crippen molar-refractivity contribution in [3.8, 4) is 11.5 Å². The van der Waals surface area contributed by atoms with Crippen LogP contribution in [-0.2, 0) is 9.53 Å². The molecule has 0 radical (unpaired) electrons. The number of carbonyl (C=O) groups is 1. The van der Waals surface area contributed by atoms with Gasteiger partial charge in [0.15, 0.2) is 0 Å². The number of aromatic nitrogens is 2. The number of nitrogens with one attached hydrogen (secondary N) is 1. The Bertz CT molecular complexity index is 1150. The number of rotatable bonds is 5. The standard InChI is InChI=1S/C23H25N3O4/c1-13(2)30-22(27)20-14(3)24-23-25-17-8-6-7-9-18(17)26(23)21(20)16-11-10-15(28-4)12-19(16)29-5/h6-13,21H,1-5H3,(H,24,25). The van der Waals surface area contributed by atoms with E-state index >= 15 is 0 Å². The lowest BCUT2D eigenvalue weighted by Crippen LogP contribution is -2.30. The van der Waals surface area contributed by atoms with Gasteiger partial charge < -0.3 is 19.5 Å². The lowest BCUT2D eigenvalue weighted by Gasteiger charge is -2.31. The highest BCUT2D eigenvalue weighted by Gasteiger charge is 2.36. The maximum Gasteiger partial charge on any atom is 0.338 e. The Morgan fingerprint density at radius 3 is 2.60 bits per heavy atom. The molecule has 1 aliphatic rings. The number of benzene rings is 2. The number of hydrogen-bond acceptors (Lipinski definition) is 6. The number of methoxy groups -OCH3 is 2. The highest BCUT2D eigenvalue weighted by Crippen LogP contribution is 2.43. The summed E-state index contributed by atoms with van der Waals surface area (Å²) in [6, 6.07) is 13.0. The van der Waals surface area contributed by atoms with Crippen molar-refractivity contribution >= 4 is 23.0 Å². The Morgan fingerprint density at radius 1 is 1.13 bits per heavy atom. The normalized spacial score (nSPS) is 15.7. The zero-order valence-corrected chi connectivity index (χ0v) is 17.7. The Morgan fingerprint density at radius 2 is 1.90 bits per heavy atom. The van der Waals surface area contributed by atoms with Gasteiger partial charge in [-0.2, -0.15) is 0 Å². The number of para-hydroxylation sites is 2. The zero-order valence-electron chi connectivity index (χ0n) is 17.7. The monoisotopic (exact) mass is 407 g/mol. The highest BCUT2D eigenvalue weighted by atomic mass is 16.5. The van der Waals surface area contributed by atoms with Crippen LogP contribution in [0.4, 0.5) is 5.95 Å². The fraction of sp³-hybridized carbons (Fsp3) is 0.304. The predicted octanol–water partition coefficient (Wildman–Crippen LogP) is 4.29. The average molecular weight is 407 g/mol. The summed E-state index contributed by atoms with van der Waals surface area (Å²) in [5.74, 6) is 1.58. The molecule has 0 aliphatic carbocycles. The van der Waals surface area contributed by atoms with Crippen molar-refractivity contribution in [1.29, 1.82) is 0 Å². The van der Waals surface area contributed by atoms with Crippen molar-refractivity contribution in [3.63, 3.8) is 0 Å². The Labute approximate surface area is 175 Å². The number of allylic oxidation sites excluding steroid dienone is 1. The van der Waals surface area contributed by atoms with Crippen molar-refractivity contribution < 1.29 is 19.0 Å². The van der Waals surface area contributed by atoms with Gasteiger partial charge in [0.05, 0.1) is 43.0 Å². The smallest absolute Gasteiger partial charge is 0.338 e. The van der Waals surface area contributed by atoms with Gasteiger partial charge in [-0.1, -0.05) is 12.1 Å². The molecule has 2 aromatic carbocycles. The van der Waals surface area contributed by atoms with Gasteiger partial charge in [-0.15, -0.1) is 0 Å². The predicted molar refractivity (Wildman–Crippen MR) is 115 cm³/mol. The van der Waals surface area contributed by atoms with Gasteiger partial charge in [0.25, 0.3) is 0 Å². The lowest BCUT2D eigenvalue weighted by atomic mass is 9.94. The molecule has 2 heterocycles. The van der Waals surface area contributed by atoms with Crippen LogP contribution in [0.5, 0.6) is 11.5 Å². The molecule has 1 aromatic heterocycles. The van der Waals surface area contributed by atoms with Gasteiger partial charge in [0.2, 0.25) is 5.95 Å². The number of fused-ring (bicyclic) bond motifs is 3. The first-order valence-corrected chi connectivity index (χ1v) is 9.82. The third-order valence-corrected chi connectivity index (χ3v) is 5.13. The molecule has 4 rings (SSSR count). The summed E-state index contributed by atoms with van der Waals surface area (Å²) in [7, 11) is 3.21. The quantitative estimate of drug-likeness (QED) is 0.636. The highest BCUT2D eigenvalue weighted by molar-refractivity contribution is 5.94. The van der Waals surface area contributed by atoms with E-state index in [2.05, 4.69) is 5.32 Å². The van der Waals surface area contributed by atoms with Gasteiger partial charge in [-0.3, -0.25) is 4.57 Å². The first-order chi connectivity index (χ1) is 14.4. The molecule has 1 aliphatic heterocycles. The number of esters is 1. The average Bonchev–Trinajstić information content (AvgIpc) is 3.09. The Kier molecular flexibility index (Phi) is 5.11. The van der Waals surface area contributed by atoms with E-state index in [0.29, 0.717) is 28.7 Å².